The molecule has 2 aliphatic heterocycles. The van der Waals surface area contributed by atoms with Gasteiger partial charge in [-0.3, -0.25) is 69.8 Å². The second kappa shape index (κ2) is 53.3. The lowest BCUT2D eigenvalue weighted by Crippen LogP contribution is -2.63. The quantitative estimate of drug-likeness (QED) is 0.00759. The summed E-state index contributed by atoms with van der Waals surface area (Å²) in [6.07, 6.45) is -10.0. The Morgan fingerprint density at radius 3 is 1.62 bits per heavy atom. The number of hydrogen-bond acceptors (Lipinski definition) is 27. The summed E-state index contributed by atoms with van der Waals surface area (Å²) < 4.78 is 30.5. The minimum absolute atomic E-state index is 0.0199. The van der Waals surface area contributed by atoms with Crippen molar-refractivity contribution in [3.05, 3.63) is 262 Å². The molecule has 145 heavy (non-hydrogen) atoms. The summed E-state index contributed by atoms with van der Waals surface area (Å²) in [6.45, 7) is 34.3. The molecule has 788 valence electrons. The van der Waals surface area contributed by atoms with E-state index in [1.54, 1.807) is 135 Å². The molecule has 33 heteroatoms. The topological polar surface area (TPSA) is 445 Å². The average molecular weight is 2040 g/mol. The molecule has 6 amide bonds. The largest absolute Gasteiger partial charge is 0.488 e. The number of likely N-dealkylation sites (tertiary alicyclic amines) is 1. The van der Waals surface area contributed by atoms with Gasteiger partial charge in [-0.05, 0) is 236 Å². The van der Waals surface area contributed by atoms with Crippen LogP contribution >= 0.6 is 21.6 Å². The fourth-order valence-corrected chi connectivity index (χ4v) is 19.9. The van der Waals surface area contributed by atoms with Gasteiger partial charge < -0.3 is 86.9 Å². The summed E-state index contributed by atoms with van der Waals surface area (Å²) in [5.41, 5.74) is 10.8. The van der Waals surface area contributed by atoms with Crippen LogP contribution in [0, 0.1) is 12.8 Å². The summed E-state index contributed by atoms with van der Waals surface area (Å²) in [7, 11) is 1.90. The number of β-amino-alcohol motifs (C(OH)–C–C–N with tert-alkyl or cyclic N) is 1. The Bertz CT molecular complexity index is 5410. The maximum absolute atomic E-state index is 16.2. The van der Waals surface area contributed by atoms with Crippen molar-refractivity contribution in [1.82, 2.24) is 63.4 Å². The van der Waals surface area contributed by atoms with Crippen LogP contribution in [0.1, 0.15) is 207 Å². The molecule has 0 aliphatic carbocycles. The molecule has 2 aliphatic rings. The number of carbonyl (C=O) groups excluding carboxylic acids is 8. The monoisotopic (exact) mass is 2030 g/mol. The highest BCUT2D eigenvalue weighted by Crippen LogP contribution is 2.39. The average Bonchev–Trinajstić information content (AvgIpc) is 1.36. The lowest BCUT2D eigenvalue weighted by molar-refractivity contribution is -0.157. The summed E-state index contributed by atoms with van der Waals surface area (Å²) in [5.74, 6) is -6.81. The normalized spacial score (nSPS) is 21.2. The molecular formula is C112H155N13O18S2. The maximum Gasteiger partial charge on any atom is 0.308 e. The zero-order valence-corrected chi connectivity index (χ0v) is 88.9. The van der Waals surface area contributed by atoms with Gasteiger partial charge in [0, 0.05) is 50.1 Å². The highest BCUT2D eigenvalue weighted by Gasteiger charge is 2.44. The molecule has 16 atom stereocenters. The van der Waals surface area contributed by atoms with E-state index in [0.29, 0.717) is 47.6 Å². The van der Waals surface area contributed by atoms with Gasteiger partial charge in [-0.25, -0.2) is 0 Å². The molecule has 0 radical (unpaired) electrons. The Balaban J connectivity index is 1.04. The second-order valence-corrected chi connectivity index (χ2v) is 45.7. The van der Waals surface area contributed by atoms with E-state index in [0.717, 1.165) is 66.1 Å². The Morgan fingerprint density at radius 1 is 0.531 bits per heavy atom. The van der Waals surface area contributed by atoms with E-state index in [4.69, 9.17) is 29.4 Å². The van der Waals surface area contributed by atoms with Crippen LogP contribution < -0.4 is 73.7 Å². The smallest absolute Gasteiger partial charge is 0.308 e. The number of ether oxygens (including phenoxy) is 5. The van der Waals surface area contributed by atoms with Gasteiger partial charge in [0.05, 0.1) is 54.3 Å². The summed E-state index contributed by atoms with van der Waals surface area (Å²) >= 11 is 0. The molecule has 8 aromatic rings. The predicted octanol–water partition coefficient (Wildman–Crippen LogP) is 10.8. The van der Waals surface area contributed by atoms with Gasteiger partial charge in [-0.2, -0.15) is 0 Å². The number of benzene rings is 8. The van der Waals surface area contributed by atoms with Gasteiger partial charge in [0.15, 0.2) is 0 Å². The van der Waals surface area contributed by atoms with E-state index in [9.17, 15) is 35.1 Å². The molecule has 2 heterocycles. The van der Waals surface area contributed by atoms with Crippen molar-refractivity contribution in [1.29, 1.82) is 0 Å². The fraction of sp³-hybridized carbons (Fsp3) is 0.500. The lowest BCUT2D eigenvalue weighted by atomic mass is 9.76. The zero-order valence-electron chi connectivity index (χ0n) is 87.3. The Labute approximate surface area is 863 Å². The Morgan fingerprint density at radius 2 is 1.06 bits per heavy atom. The van der Waals surface area contributed by atoms with Gasteiger partial charge in [-0.1, -0.05) is 229 Å². The number of nitrogens with zero attached hydrogens (tertiary/aromatic N) is 1. The van der Waals surface area contributed by atoms with Crippen LogP contribution in [0.4, 0.5) is 0 Å². The maximum atomic E-state index is 16.2. The van der Waals surface area contributed by atoms with Gasteiger partial charge in [0.2, 0.25) is 35.4 Å². The second-order valence-electron chi connectivity index (χ2n) is 43.1. The summed E-state index contributed by atoms with van der Waals surface area (Å²) in [5, 5.41) is 96.0. The molecule has 0 bridgehead atoms. The number of amides is 6. The van der Waals surface area contributed by atoms with Gasteiger partial charge in [0.1, 0.15) is 95.3 Å². The standard InChI is InChI=1S/C112H155N13O18S2/c1-69(2)57-84(113)106(138)125-56-30-39-92(125)104(136)122-90-67-144-145-68-91(123-105(137)96(71(4)139-107(5,6)7)124-93(126)66-115-97(129)85(59-73-44-52-82(53-45-73)140-108(8,9)10)117-99(131)86(61-74-46-54-83(55-47-74)141-109(11,12)13)118-101(133)89(121-102(90)134)63-95(128)143-111(17,18)19)103(135)119-87(60-72-42-48-78(49-43-72)77-33-23-20-24-34-77)100(132)120-88(62-94(127)142-110(14,15)16)98(130)114-64-75-31-29-32-76(58-75)65-116-112(79-35-25-21-26-36-79,80-37-27-22-28-38-80)81-50-40-70(3)41-51-81/h20-29,31-38,40-55,58,69,71,84-93,96-99,106,114-117,124,126,129-131,138H,30,39,56-57,59-68,113H2,1-19H3,(H,118,133)(H,119,135)(H,120,132)(H,121,134)(H,122,136)(H,123,137)/t71?,84-,85-,86-,87-,88-,89-,90-,91-,92-,93+,96-,97-,98+,99?,106+/m0/s1. The van der Waals surface area contributed by atoms with E-state index in [1.165, 1.54) is 0 Å². The van der Waals surface area contributed by atoms with Crippen molar-refractivity contribution in [3.8, 4) is 22.6 Å². The van der Waals surface area contributed by atoms with E-state index in [1.807, 2.05) is 159 Å². The molecule has 31 nitrogen and oxygen atoms in total. The van der Waals surface area contributed by atoms with Crippen LogP contribution in [-0.2, 0) is 90.5 Å². The first kappa shape index (κ1) is 116. The van der Waals surface area contributed by atoms with Crippen molar-refractivity contribution in [2.24, 2.45) is 11.7 Å². The SMILES string of the molecule is Cc1ccc(C(NCc2cccc(CN[C@H](O)[C@H](CC(=O)OC(C)(C)C)NC(=O)[C@H](Cc3ccc(-c4ccccc4)cc3)NC(=O)[C@@H]3CSSC[C@H](NC(=O)[C@@H]4CCCN4[C@H](O)[C@@H](N)CC(C)C)C(=O)N[C@@H](CC(=O)OC(C)(C)C)C(=O)N[C@@H](Cc4ccc(OC(C)(C)C)cc4)C(O)N[C@@H](Cc4ccc(OC(C)(C)C)cc4)[C@H](O)NC[C@@H](O)N[C@@H](C(C)OC(C)(C)C)C(=O)N3)c2)(c2ccccc2)c2ccccc2)cc1. The van der Waals surface area contributed by atoms with Crippen molar-refractivity contribution >= 4 is 69.0 Å². The molecule has 10 rings (SSSR count). The first-order chi connectivity index (χ1) is 68.3. The first-order valence-electron chi connectivity index (χ1n) is 50.1. The first-order valence-corrected chi connectivity index (χ1v) is 52.6. The van der Waals surface area contributed by atoms with Crippen LogP contribution in [0.15, 0.2) is 212 Å². The van der Waals surface area contributed by atoms with Crippen molar-refractivity contribution in [2.75, 3.05) is 24.6 Å². The van der Waals surface area contributed by atoms with E-state index in [-0.39, 0.29) is 50.4 Å². The molecule has 2 fully saturated rings. The molecule has 2 unspecified atom stereocenters. The minimum Gasteiger partial charge on any atom is -0.488 e. The number of hydrogen-bond donors (Lipinski definition) is 17. The number of aliphatic hydroxyl groups excluding tert-OH is 5. The number of nitrogens with two attached hydrogens (primary N) is 1. The third-order valence-electron chi connectivity index (χ3n) is 24.2. The summed E-state index contributed by atoms with van der Waals surface area (Å²) in [6, 6.07) is 53.4. The van der Waals surface area contributed by atoms with Crippen LogP contribution in [0.3, 0.4) is 0 Å². The zero-order chi connectivity index (χ0) is 106. The Hall–Kier alpha value is -10.7. The van der Waals surface area contributed by atoms with Gasteiger partial charge in [0.25, 0.3) is 0 Å². The van der Waals surface area contributed by atoms with Crippen molar-refractivity contribution in [2.45, 2.75) is 327 Å². The fourth-order valence-electron chi connectivity index (χ4n) is 17.6. The number of esters is 2. The highest BCUT2D eigenvalue weighted by molar-refractivity contribution is 8.76. The number of aryl methyl sites for hydroxylation is 1. The van der Waals surface area contributed by atoms with Gasteiger partial charge >= 0.3 is 11.9 Å². The molecule has 0 saturated carbocycles. The molecule has 0 aromatic heterocycles. The van der Waals surface area contributed by atoms with Gasteiger partial charge in [-0.15, -0.1) is 0 Å². The summed E-state index contributed by atoms with van der Waals surface area (Å²) in [4.78, 5) is 125. The molecule has 2 saturated heterocycles. The van der Waals surface area contributed by atoms with Crippen molar-refractivity contribution < 1.29 is 87.6 Å². The number of rotatable bonds is 35. The van der Waals surface area contributed by atoms with Crippen LogP contribution in [-0.4, -0.2) is 228 Å². The third-order valence-corrected chi connectivity index (χ3v) is 26.6. The third kappa shape index (κ3) is 37.6. The van der Waals surface area contributed by atoms with E-state index in [2.05, 4.69) is 114 Å². The molecule has 0 spiro atoms. The number of nitrogens with one attached hydrogen (secondary N) is 11. The number of carbonyl (C=O) groups is 8. The van der Waals surface area contributed by atoms with E-state index >= 15 is 28.8 Å². The number of aliphatic hydroxyl groups is 5. The lowest BCUT2D eigenvalue weighted by Gasteiger charge is -2.37. The van der Waals surface area contributed by atoms with Crippen molar-refractivity contribution in [3.63, 3.8) is 0 Å². The molecular weight excluding hydrogens is 1880 g/mol. The van der Waals surface area contributed by atoms with Crippen LogP contribution in [0.2, 0.25) is 0 Å². The minimum atomic E-state index is -1.82. The van der Waals surface area contributed by atoms with Crippen LogP contribution in [0.25, 0.3) is 11.1 Å². The van der Waals surface area contributed by atoms with E-state index < -0.39 is 204 Å². The van der Waals surface area contributed by atoms with Crippen LogP contribution in [0.5, 0.6) is 11.5 Å². The highest BCUT2D eigenvalue weighted by atomic mass is 33.1. The predicted molar refractivity (Wildman–Crippen MR) is 567 cm³/mol. The molecule has 18 N–H and O–H groups in total. The Kier molecular flexibility index (Phi) is 42.7. The molecule has 8 aromatic carbocycles.